The number of rotatable bonds is 6. The van der Waals surface area contributed by atoms with Crippen LogP contribution in [0.2, 0.25) is 0 Å². The van der Waals surface area contributed by atoms with Crippen LogP contribution >= 0.6 is 0 Å². The van der Waals surface area contributed by atoms with Crippen LogP contribution in [0.1, 0.15) is 45.4 Å². The number of likely N-dealkylation sites (tertiary alicyclic amines) is 1. The van der Waals surface area contributed by atoms with Gasteiger partial charge in [-0.25, -0.2) is 0 Å². The Kier molecular flexibility index (Phi) is 7.04. The molecule has 0 aliphatic carbocycles. The van der Waals surface area contributed by atoms with E-state index in [4.69, 9.17) is 5.11 Å². The van der Waals surface area contributed by atoms with Crippen molar-refractivity contribution in [3.63, 3.8) is 0 Å². The van der Waals surface area contributed by atoms with Gasteiger partial charge in [0.1, 0.15) is 0 Å². The highest BCUT2D eigenvalue weighted by Gasteiger charge is 2.18. The largest absolute Gasteiger partial charge is 0.481 e. The van der Waals surface area contributed by atoms with E-state index < -0.39 is 5.97 Å². The summed E-state index contributed by atoms with van der Waals surface area (Å²) in [4.78, 5) is 35.8. The third-order valence-corrected chi connectivity index (χ3v) is 3.43. The van der Waals surface area contributed by atoms with Gasteiger partial charge in [-0.3, -0.25) is 14.4 Å². The summed E-state index contributed by atoms with van der Waals surface area (Å²) in [5.74, 6) is -1.15. The van der Waals surface area contributed by atoms with Crippen LogP contribution in [0.25, 0.3) is 0 Å². The zero-order chi connectivity index (χ0) is 15.0. The fraction of sp³-hybridized carbons (Fsp3) is 0.786. The first-order valence-corrected chi connectivity index (χ1v) is 7.25. The van der Waals surface area contributed by atoms with Crippen LogP contribution in [-0.2, 0) is 14.4 Å². The molecule has 0 bridgehead atoms. The van der Waals surface area contributed by atoms with Crippen LogP contribution < -0.4 is 5.32 Å². The molecule has 20 heavy (non-hydrogen) atoms. The SMILES string of the molecule is CC(CNC(=O)CN1CCCCCCC1=O)CC(=O)O. The first-order chi connectivity index (χ1) is 9.49. The topological polar surface area (TPSA) is 86.7 Å². The van der Waals surface area contributed by atoms with Gasteiger partial charge in [0.15, 0.2) is 0 Å². The minimum absolute atomic E-state index is 0.0307. The Morgan fingerprint density at radius 1 is 1.30 bits per heavy atom. The van der Waals surface area contributed by atoms with Crippen LogP contribution in [0.3, 0.4) is 0 Å². The summed E-state index contributed by atoms with van der Waals surface area (Å²) < 4.78 is 0. The van der Waals surface area contributed by atoms with Gasteiger partial charge in [0.25, 0.3) is 0 Å². The fourth-order valence-electron chi connectivity index (χ4n) is 2.27. The molecule has 0 aromatic carbocycles. The Balaban J connectivity index is 2.32. The third kappa shape index (κ3) is 6.54. The monoisotopic (exact) mass is 284 g/mol. The number of aliphatic carboxylic acids is 1. The number of carbonyl (C=O) groups excluding carboxylic acids is 2. The van der Waals surface area contributed by atoms with Crippen molar-refractivity contribution in [3.8, 4) is 0 Å². The van der Waals surface area contributed by atoms with Gasteiger partial charge in [0.2, 0.25) is 11.8 Å². The highest BCUT2D eigenvalue weighted by molar-refractivity contribution is 5.84. The molecule has 0 saturated carbocycles. The maximum absolute atomic E-state index is 11.9. The minimum atomic E-state index is -0.870. The van der Waals surface area contributed by atoms with Crippen molar-refractivity contribution >= 4 is 17.8 Å². The lowest BCUT2D eigenvalue weighted by Gasteiger charge is -2.24. The van der Waals surface area contributed by atoms with Gasteiger partial charge >= 0.3 is 5.97 Å². The number of hydrogen-bond acceptors (Lipinski definition) is 3. The van der Waals surface area contributed by atoms with Crippen molar-refractivity contribution < 1.29 is 19.5 Å². The molecule has 1 heterocycles. The van der Waals surface area contributed by atoms with Crippen molar-refractivity contribution in [3.05, 3.63) is 0 Å². The van der Waals surface area contributed by atoms with Crippen molar-refractivity contribution in [2.24, 2.45) is 5.92 Å². The van der Waals surface area contributed by atoms with E-state index in [0.717, 1.165) is 25.7 Å². The molecule has 1 fully saturated rings. The molecule has 1 aliphatic heterocycles. The lowest BCUT2D eigenvalue weighted by molar-refractivity contribution is -0.138. The first-order valence-electron chi connectivity index (χ1n) is 7.25. The smallest absolute Gasteiger partial charge is 0.303 e. The molecule has 1 aliphatic rings. The van der Waals surface area contributed by atoms with Crippen molar-refractivity contribution in [1.82, 2.24) is 10.2 Å². The number of nitrogens with zero attached hydrogens (tertiary/aromatic N) is 1. The van der Waals surface area contributed by atoms with Gasteiger partial charge in [-0.2, -0.15) is 0 Å². The van der Waals surface area contributed by atoms with Crippen LogP contribution in [0.5, 0.6) is 0 Å². The summed E-state index contributed by atoms with van der Waals surface area (Å²) in [6.45, 7) is 2.82. The molecular formula is C14H24N2O4. The molecule has 0 aromatic heterocycles. The summed E-state index contributed by atoms with van der Waals surface area (Å²) in [5.41, 5.74) is 0. The van der Waals surface area contributed by atoms with E-state index in [1.165, 1.54) is 0 Å². The number of amides is 2. The second-order valence-corrected chi connectivity index (χ2v) is 5.49. The number of carbonyl (C=O) groups is 3. The number of nitrogens with one attached hydrogen (secondary N) is 1. The molecule has 6 nitrogen and oxygen atoms in total. The molecule has 6 heteroatoms. The number of hydrogen-bond donors (Lipinski definition) is 2. The van der Waals surface area contributed by atoms with Gasteiger partial charge in [-0.05, 0) is 18.8 Å². The average molecular weight is 284 g/mol. The zero-order valence-electron chi connectivity index (χ0n) is 12.1. The van der Waals surface area contributed by atoms with Gasteiger partial charge in [-0.15, -0.1) is 0 Å². The quantitative estimate of drug-likeness (QED) is 0.762. The molecule has 0 radical (unpaired) electrons. The third-order valence-electron chi connectivity index (χ3n) is 3.43. The van der Waals surface area contributed by atoms with Gasteiger partial charge < -0.3 is 15.3 Å². The maximum atomic E-state index is 11.9. The van der Waals surface area contributed by atoms with E-state index in [2.05, 4.69) is 5.32 Å². The van der Waals surface area contributed by atoms with E-state index in [1.807, 2.05) is 0 Å². The van der Waals surface area contributed by atoms with Gasteiger partial charge in [0.05, 0.1) is 6.54 Å². The van der Waals surface area contributed by atoms with Crippen LogP contribution in [-0.4, -0.2) is 47.4 Å². The number of carboxylic acid groups (broad SMARTS) is 1. The van der Waals surface area contributed by atoms with E-state index in [-0.39, 0.29) is 30.7 Å². The predicted molar refractivity (Wildman–Crippen MR) is 74.1 cm³/mol. The summed E-state index contributed by atoms with van der Waals surface area (Å²) in [6.07, 6.45) is 4.56. The van der Waals surface area contributed by atoms with Crippen LogP contribution in [0.15, 0.2) is 0 Å². The minimum Gasteiger partial charge on any atom is -0.481 e. The summed E-state index contributed by atoms with van der Waals surface area (Å²) in [6, 6.07) is 0. The fourth-order valence-corrected chi connectivity index (χ4v) is 2.27. The predicted octanol–water partition coefficient (Wildman–Crippen LogP) is 1.01. The summed E-state index contributed by atoms with van der Waals surface area (Å²) >= 11 is 0. The van der Waals surface area contributed by atoms with Crippen molar-refractivity contribution in [2.45, 2.75) is 45.4 Å². The Morgan fingerprint density at radius 3 is 2.70 bits per heavy atom. The summed E-state index contributed by atoms with van der Waals surface area (Å²) in [5, 5.41) is 11.3. The Hall–Kier alpha value is -1.59. The van der Waals surface area contributed by atoms with Crippen molar-refractivity contribution in [1.29, 1.82) is 0 Å². The highest BCUT2D eigenvalue weighted by Crippen LogP contribution is 2.11. The molecule has 2 N–H and O–H groups in total. The molecule has 114 valence electrons. The van der Waals surface area contributed by atoms with Gasteiger partial charge in [0, 0.05) is 25.9 Å². The number of carboxylic acids is 1. The second kappa shape index (κ2) is 8.55. The summed E-state index contributed by atoms with van der Waals surface area (Å²) in [7, 11) is 0. The molecular weight excluding hydrogens is 260 g/mol. The van der Waals surface area contributed by atoms with Crippen LogP contribution in [0, 0.1) is 5.92 Å². The molecule has 1 atom stereocenters. The molecule has 1 saturated heterocycles. The first kappa shape index (κ1) is 16.5. The zero-order valence-corrected chi connectivity index (χ0v) is 12.1. The van der Waals surface area contributed by atoms with Crippen LogP contribution in [0.4, 0.5) is 0 Å². The normalized spacial score (nSPS) is 18.1. The Morgan fingerprint density at radius 2 is 2.00 bits per heavy atom. The maximum Gasteiger partial charge on any atom is 0.303 e. The van der Waals surface area contributed by atoms with E-state index in [9.17, 15) is 14.4 Å². The van der Waals surface area contributed by atoms with E-state index >= 15 is 0 Å². The van der Waals surface area contributed by atoms with E-state index in [0.29, 0.717) is 19.5 Å². The molecule has 2 amide bonds. The Labute approximate surface area is 119 Å². The lowest BCUT2D eigenvalue weighted by Crippen LogP contribution is -2.42. The second-order valence-electron chi connectivity index (χ2n) is 5.49. The standard InChI is InChI=1S/C14H24N2O4/c1-11(8-14(19)20)9-15-12(17)10-16-7-5-3-2-4-6-13(16)18/h11H,2-10H2,1H3,(H,15,17)(H,19,20). The molecule has 1 rings (SSSR count). The molecule has 0 aromatic rings. The molecule has 0 spiro atoms. The van der Waals surface area contributed by atoms with E-state index in [1.54, 1.807) is 11.8 Å². The van der Waals surface area contributed by atoms with Crippen molar-refractivity contribution in [2.75, 3.05) is 19.6 Å². The lowest BCUT2D eigenvalue weighted by atomic mass is 10.1. The highest BCUT2D eigenvalue weighted by atomic mass is 16.4. The van der Waals surface area contributed by atoms with Gasteiger partial charge in [-0.1, -0.05) is 19.8 Å². The molecule has 1 unspecified atom stereocenters. The Bertz CT molecular complexity index is 357. The average Bonchev–Trinajstić information content (AvgIpc) is 2.35.